The van der Waals surface area contributed by atoms with E-state index in [9.17, 15) is 4.79 Å². The van der Waals surface area contributed by atoms with Crippen LogP contribution in [0.15, 0.2) is 54.6 Å². The van der Waals surface area contributed by atoms with Crippen molar-refractivity contribution in [2.24, 2.45) is 0 Å². The number of rotatable bonds is 8. The van der Waals surface area contributed by atoms with E-state index in [0.29, 0.717) is 33.6 Å². The number of benzene rings is 2. The van der Waals surface area contributed by atoms with Crippen LogP contribution in [-0.2, 0) is 20.5 Å². The number of hydrogen-bond acceptors (Lipinski definition) is 5. The lowest BCUT2D eigenvalue weighted by atomic mass is 9.94. The number of pyridine rings is 1. The lowest BCUT2D eigenvalue weighted by molar-refractivity contribution is -0.120. The number of methoxy groups -OCH3 is 1. The minimum atomic E-state index is -0.484. The highest BCUT2D eigenvalue weighted by molar-refractivity contribution is 6.33. The Bertz CT molecular complexity index is 1410. The van der Waals surface area contributed by atoms with Crippen molar-refractivity contribution in [3.63, 3.8) is 0 Å². The smallest absolute Gasteiger partial charge is 0.301 e. The zero-order valence-electron chi connectivity index (χ0n) is 20.8. The quantitative estimate of drug-likeness (QED) is 0.302. The van der Waals surface area contributed by atoms with E-state index in [1.54, 1.807) is 7.11 Å². The lowest BCUT2D eigenvalue weighted by Crippen LogP contribution is -2.39. The molecule has 2 aromatic carbocycles. The molecule has 36 heavy (non-hydrogen) atoms. The molecule has 0 spiro atoms. The molecule has 2 heterocycles. The van der Waals surface area contributed by atoms with Crippen LogP contribution in [0.2, 0.25) is 5.02 Å². The Labute approximate surface area is 215 Å². The van der Waals surface area contributed by atoms with Crippen LogP contribution < -0.4 is 10.1 Å². The van der Waals surface area contributed by atoms with E-state index in [1.807, 2.05) is 44.2 Å². The third-order valence-electron chi connectivity index (χ3n) is 6.73. The second kappa shape index (κ2) is 9.22. The fourth-order valence-corrected chi connectivity index (χ4v) is 4.90. The standard InChI is InChI=1S/C28H29ClN4O3/c1-17(34)33-27(2,3)19-9-11-21(12-10-19)36-26-30-23-15-22(29)24(31-25(23)32-26)18-5-7-20(8-6-18)28(13-14-28)16-35-4/h5-12,15H,13-14,16H2,1-4H3,(H,33,34)(H,30,31,32). The van der Waals surface area contributed by atoms with E-state index >= 15 is 0 Å². The Hall–Kier alpha value is -3.42. The highest BCUT2D eigenvalue weighted by Gasteiger charge is 2.44. The molecule has 5 rings (SSSR count). The second-order valence-electron chi connectivity index (χ2n) is 9.96. The molecule has 1 amide bonds. The van der Waals surface area contributed by atoms with Gasteiger partial charge >= 0.3 is 6.01 Å². The van der Waals surface area contributed by atoms with Gasteiger partial charge < -0.3 is 19.8 Å². The molecule has 1 aliphatic rings. The van der Waals surface area contributed by atoms with Gasteiger partial charge in [-0.2, -0.15) is 4.98 Å². The van der Waals surface area contributed by atoms with Crippen LogP contribution in [0.4, 0.5) is 0 Å². The van der Waals surface area contributed by atoms with Gasteiger partial charge in [0, 0.05) is 25.0 Å². The van der Waals surface area contributed by atoms with Gasteiger partial charge in [-0.3, -0.25) is 4.79 Å². The van der Waals surface area contributed by atoms with Crippen molar-refractivity contribution >= 4 is 28.7 Å². The summed E-state index contributed by atoms with van der Waals surface area (Å²) in [5.41, 5.74) is 4.74. The zero-order valence-corrected chi connectivity index (χ0v) is 21.6. The van der Waals surface area contributed by atoms with Crippen molar-refractivity contribution in [1.29, 1.82) is 0 Å². The number of amides is 1. The number of carbonyl (C=O) groups excluding carboxylic acids is 1. The first kappa shape index (κ1) is 24.3. The highest BCUT2D eigenvalue weighted by Crippen LogP contribution is 2.48. The fourth-order valence-electron chi connectivity index (χ4n) is 4.64. The Morgan fingerprint density at radius 3 is 2.42 bits per heavy atom. The first-order chi connectivity index (χ1) is 17.2. The topological polar surface area (TPSA) is 89.1 Å². The average molecular weight is 505 g/mol. The number of nitrogens with one attached hydrogen (secondary N) is 2. The Kier molecular flexibility index (Phi) is 6.22. The molecule has 0 unspecified atom stereocenters. The van der Waals surface area contributed by atoms with Crippen molar-refractivity contribution in [1.82, 2.24) is 20.3 Å². The summed E-state index contributed by atoms with van der Waals surface area (Å²) in [4.78, 5) is 23.8. The average Bonchev–Trinajstić information content (AvgIpc) is 3.51. The van der Waals surface area contributed by atoms with Gasteiger partial charge in [0.05, 0.1) is 28.4 Å². The van der Waals surface area contributed by atoms with Crippen LogP contribution in [0, 0.1) is 0 Å². The molecule has 1 saturated carbocycles. The van der Waals surface area contributed by atoms with E-state index in [2.05, 4.69) is 39.6 Å². The summed E-state index contributed by atoms with van der Waals surface area (Å²) in [5.74, 6) is 0.533. The number of fused-ring (bicyclic) bond motifs is 1. The molecular formula is C28H29ClN4O3. The van der Waals surface area contributed by atoms with Gasteiger partial charge in [0.15, 0.2) is 5.65 Å². The Balaban J connectivity index is 1.35. The van der Waals surface area contributed by atoms with Crippen LogP contribution in [0.3, 0.4) is 0 Å². The molecule has 1 aliphatic carbocycles. The molecule has 2 aromatic heterocycles. The molecule has 186 valence electrons. The number of hydrogen-bond donors (Lipinski definition) is 2. The molecule has 0 bridgehead atoms. The number of imidazole rings is 1. The van der Waals surface area contributed by atoms with E-state index in [1.165, 1.54) is 12.5 Å². The summed E-state index contributed by atoms with van der Waals surface area (Å²) in [6, 6.07) is 18.1. The van der Waals surface area contributed by atoms with Gasteiger partial charge in [-0.1, -0.05) is 48.0 Å². The minimum absolute atomic E-state index is 0.0815. The summed E-state index contributed by atoms with van der Waals surface area (Å²) in [6.45, 7) is 6.15. The SMILES string of the molecule is COCC1(c2ccc(-c3nc4nc(Oc5ccc(C(C)(C)NC(C)=O)cc5)[nH]c4cc3Cl)cc2)CC1. The molecule has 8 heteroatoms. The van der Waals surface area contributed by atoms with Crippen LogP contribution in [0.1, 0.15) is 44.7 Å². The van der Waals surface area contributed by atoms with Gasteiger partial charge in [-0.25, -0.2) is 4.98 Å². The summed E-state index contributed by atoms with van der Waals surface area (Å²) < 4.78 is 11.3. The van der Waals surface area contributed by atoms with Gasteiger partial charge in [-0.15, -0.1) is 0 Å². The largest absolute Gasteiger partial charge is 0.426 e. The molecule has 2 N–H and O–H groups in total. The number of carbonyl (C=O) groups is 1. The third-order valence-corrected chi connectivity index (χ3v) is 7.02. The maximum Gasteiger partial charge on any atom is 0.301 e. The summed E-state index contributed by atoms with van der Waals surface area (Å²) >= 11 is 6.59. The fraction of sp³-hybridized carbons (Fsp3) is 0.321. The van der Waals surface area contributed by atoms with Crippen molar-refractivity contribution in [2.45, 2.75) is 44.6 Å². The summed E-state index contributed by atoms with van der Waals surface area (Å²) in [5, 5.41) is 3.48. The highest BCUT2D eigenvalue weighted by atomic mass is 35.5. The van der Waals surface area contributed by atoms with Crippen LogP contribution in [0.5, 0.6) is 11.8 Å². The summed E-state index contributed by atoms with van der Waals surface area (Å²) in [7, 11) is 1.75. The van der Waals surface area contributed by atoms with Crippen molar-refractivity contribution in [3.8, 4) is 23.0 Å². The number of ether oxygens (including phenoxy) is 2. The normalized spacial score (nSPS) is 14.6. The van der Waals surface area contributed by atoms with Crippen molar-refractivity contribution in [3.05, 3.63) is 70.7 Å². The molecule has 1 fully saturated rings. The predicted octanol–water partition coefficient (Wildman–Crippen LogP) is 6.12. The maximum absolute atomic E-state index is 11.5. The minimum Gasteiger partial charge on any atom is -0.426 e. The Morgan fingerprint density at radius 1 is 1.11 bits per heavy atom. The number of H-pyrrole nitrogens is 1. The summed E-state index contributed by atoms with van der Waals surface area (Å²) in [6.07, 6.45) is 2.30. The first-order valence-electron chi connectivity index (χ1n) is 11.9. The van der Waals surface area contributed by atoms with Crippen LogP contribution in [0.25, 0.3) is 22.4 Å². The van der Waals surface area contributed by atoms with Crippen molar-refractivity contribution < 1.29 is 14.3 Å². The van der Waals surface area contributed by atoms with E-state index in [4.69, 9.17) is 26.1 Å². The first-order valence-corrected chi connectivity index (χ1v) is 12.3. The molecule has 4 aromatic rings. The lowest BCUT2D eigenvalue weighted by Gasteiger charge is -2.26. The number of halogens is 1. The molecule has 0 radical (unpaired) electrons. The molecule has 7 nitrogen and oxygen atoms in total. The predicted molar refractivity (Wildman–Crippen MR) is 140 cm³/mol. The zero-order chi connectivity index (χ0) is 25.5. The number of nitrogens with zero attached hydrogens (tertiary/aromatic N) is 2. The maximum atomic E-state index is 11.5. The van der Waals surface area contributed by atoms with E-state index in [-0.39, 0.29) is 11.3 Å². The van der Waals surface area contributed by atoms with Crippen molar-refractivity contribution in [2.75, 3.05) is 13.7 Å². The number of aromatic amines is 1. The monoisotopic (exact) mass is 504 g/mol. The van der Waals surface area contributed by atoms with E-state index in [0.717, 1.165) is 30.6 Å². The molecule has 0 aliphatic heterocycles. The molecule has 0 atom stereocenters. The second-order valence-corrected chi connectivity index (χ2v) is 10.4. The van der Waals surface area contributed by atoms with Crippen LogP contribution in [-0.4, -0.2) is 34.6 Å². The van der Waals surface area contributed by atoms with Gasteiger partial charge in [0.2, 0.25) is 5.91 Å². The Morgan fingerprint density at radius 2 is 1.81 bits per heavy atom. The van der Waals surface area contributed by atoms with Gasteiger partial charge in [-0.05, 0) is 56.0 Å². The number of aromatic nitrogens is 3. The third kappa shape index (κ3) is 4.81. The van der Waals surface area contributed by atoms with E-state index < -0.39 is 5.54 Å². The van der Waals surface area contributed by atoms with Gasteiger partial charge in [0.25, 0.3) is 0 Å². The molecule has 0 saturated heterocycles. The van der Waals surface area contributed by atoms with Gasteiger partial charge in [0.1, 0.15) is 5.75 Å². The molecular weight excluding hydrogens is 476 g/mol. The van der Waals surface area contributed by atoms with Crippen LogP contribution >= 0.6 is 11.6 Å².